The van der Waals surface area contributed by atoms with E-state index in [0.717, 1.165) is 12.2 Å². The summed E-state index contributed by atoms with van der Waals surface area (Å²) in [6.07, 6.45) is 2.10. The van der Waals surface area contributed by atoms with E-state index >= 15 is 0 Å². The van der Waals surface area contributed by atoms with Crippen LogP contribution in [-0.2, 0) is 10.2 Å². The molecule has 27 heavy (non-hydrogen) atoms. The molecule has 0 saturated heterocycles. The van der Waals surface area contributed by atoms with Crippen LogP contribution in [0.3, 0.4) is 0 Å². The number of halogens is 1. The Hall–Kier alpha value is -2.20. The molecule has 2 aromatic rings. The number of nitrogens with one attached hydrogen (secondary N) is 1. The molecule has 1 N–H and O–H groups in total. The zero-order valence-electron chi connectivity index (χ0n) is 16.5. The first-order chi connectivity index (χ1) is 12.9. The van der Waals surface area contributed by atoms with Gasteiger partial charge in [-0.15, -0.1) is 0 Å². The van der Waals surface area contributed by atoms with Gasteiger partial charge >= 0.3 is 0 Å². The summed E-state index contributed by atoms with van der Waals surface area (Å²) in [5, 5.41) is 3.29. The molecule has 0 aromatic heterocycles. The van der Waals surface area contributed by atoms with Gasteiger partial charge in [0.1, 0.15) is 11.5 Å². The van der Waals surface area contributed by atoms with Gasteiger partial charge < -0.3 is 14.8 Å². The van der Waals surface area contributed by atoms with Crippen LogP contribution in [0.25, 0.3) is 0 Å². The monoisotopic (exact) mass is 389 g/mol. The van der Waals surface area contributed by atoms with Crippen LogP contribution in [0, 0.1) is 0 Å². The van der Waals surface area contributed by atoms with E-state index in [1.54, 1.807) is 25.3 Å². The lowest BCUT2D eigenvalue weighted by atomic mass is 9.82. The van der Waals surface area contributed by atoms with Crippen molar-refractivity contribution >= 4 is 23.2 Å². The lowest BCUT2D eigenvalue weighted by Gasteiger charge is -2.23. The van der Waals surface area contributed by atoms with E-state index in [1.807, 2.05) is 12.1 Å². The van der Waals surface area contributed by atoms with Crippen molar-refractivity contribution in [1.82, 2.24) is 0 Å². The molecule has 2 rings (SSSR count). The largest absolute Gasteiger partial charge is 0.495 e. The number of hydrogen-bond donors (Lipinski definition) is 1. The highest BCUT2D eigenvalue weighted by Crippen LogP contribution is 2.28. The van der Waals surface area contributed by atoms with E-state index in [-0.39, 0.29) is 11.3 Å². The van der Waals surface area contributed by atoms with Crippen LogP contribution in [0.2, 0.25) is 5.02 Å². The molecule has 1 amide bonds. The number of benzene rings is 2. The fourth-order valence-corrected chi connectivity index (χ4v) is 2.85. The van der Waals surface area contributed by atoms with Crippen molar-refractivity contribution in [1.29, 1.82) is 0 Å². The van der Waals surface area contributed by atoms with E-state index in [4.69, 9.17) is 21.1 Å². The highest BCUT2D eigenvalue weighted by atomic mass is 35.5. The van der Waals surface area contributed by atoms with Gasteiger partial charge in [0, 0.05) is 12.1 Å². The van der Waals surface area contributed by atoms with Crippen LogP contribution in [-0.4, -0.2) is 19.6 Å². The Bertz CT molecular complexity index is 757. The molecule has 2 aromatic carbocycles. The number of anilines is 1. The SMILES string of the molecule is CCC(C)(C)c1ccc(OCCCC(=O)Nc2ccc(OC)c(Cl)c2)cc1. The van der Waals surface area contributed by atoms with Crippen molar-refractivity contribution in [3.05, 3.63) is 53.1 Å². The van der Waals surface area contributed by atoms with Crippen LogP contribution < -0.4 is 14.8 Å². The standard InChI is InChI=1S/C22H28ClNO3/c1-5-22(2,3)16-8-11-18(12-9-16)27-14-6-7-21(25)24-17-10-13-20(26-4)19(23)15-17/h8-13,15H,5-7,14H2,1-4H3,(H,24,25). The second-order valence-corrected chi connectivity index (χ2v) is 7.52. The Morgan fingerprint density at radius 2 is 1.85 bits per heavy atom. The minimum atomic E-state index is -0.0696. The highest BCUT2D eigenvalue weighted by Gasteiger charge is 2.17. The normalized spacial score (nSPS) is 11.1. The number of amides is 1. The second kappa shape index (κ2) is 9.65. The number of carbonyl (C=O) groups is 1. The minimum Gasteiger partial charge on any atom is -0.495 e. The predicted octanol–water partition coefficient (Wildman–Crippen LogP) is 5.83. The zero-order valence-corrected chi connectivity index (χ0v) is 17.2. The number of methoxy groups -OCH3 is 1. The van der Waals surface area contributed by atoms with Gasteiger partial charge in [-0.25, -0.2) is 0 Å². The Morgan fingerprint density at radius 1 is 1.15 bits per heavy atom. The van der Waals surface area contributed by atoms with Crippen LogP contribution >= 0.6 is 11.6 Å². The number of hydrogen-bond acceptors (Lipinski definition) is 3. The van der Waals surface area contributed by atoms with Crippen molar-refractivity contribution in [3.63, 3.8) is 0 Å². The fraction of sp³-hybridized carbons (Fsp3) is 0.409. The molecular weight excluding hydrogens is 362 g/mol. The first kappa shape index (κ1) is 21.1. The minimum absolute atomic E-state index is 0.0696. The Kier molecular flexibility index (Phi) is 7.55. The average molecular weight is 390 g/mol. The first-order valence-electron chi connectivity index (χ1n) is 9.22. The van der Waals surface area contributed by atoms with E-state index in [1.165, 1.54) is 5.56 Å². The molecule has 0 fully saturated rings. The van der Waals surface area contributed by atoms with E-state index in [9.17, 15) is 4.79 Å². The van der Waals surface area contributed by atoms with Gasteiger partial charge in [-0.1, -0.05) is 44.5 Å². The molecule has 0 aliphatic rings. The second-order valence-electron chi connectivity index (χ2n) is 7.11. The predicted molar refractivity (Wildman–Crippen MR) is 111 cm³/mol. The smallest absolute Gasteiger partial charge is 0.224 e. The summed E-state index contributed by atoms with van der Waals surface area (Å²) < 4.78 is 10.8. The van der Waals surface area contributed by atoms with Crippen molar-refractivity contribution in [2.75, 3.05) is 19.0 Å². The van der Waals surface area contributed by atoms with Gasteiger partial charge in [0.05, 0.1) is 18.7 Å². The molecule has 0 bridgehead atoms. The molecule has 0 atom stereocenters. The molecule has 0 unspecified atom stereocenters. The summed E-state index contributed by atoms with van der Waals surface area (Å²) in [4.78, 5) is 12.0. The number of carbonyl (C=O) groups excluding carboxylic acids is 1. The average Bonchev–Trinajstić information content (AvgIpc) is 2.66. The van der Waals surface area contributed by atoms with Crippen molar-refractivity contribution < 1.29 is 14.3 Å². The Morgan fingerprint density at radius 3 is 2.44 bits per heavy atom. The molecular formula is C22H28ClNO3. The summed E-state index contributed by atoms with van der Waals surface area (Å²) in [6.45, 7) is 7.15. The maximum atomic E-state index is 12.0. The summed E-state index contributed by atoms with van der Waals surface area (Å²) >= 11 is 6.06. The molecule has 0 heterocycles. The van der Waals surface area contributed by atoms with Crippen LogP contribution in [0.4, 0.5) is 5.69 Å². The van der Waals surface area contributed by atoms with Gasteiger partial charge in [-0.3, -0.25) is 4.79 Å². The first-order valence-corrected chi connectivity index (χ1v) is 9.60. The van der Waals surface area contributed by atoms with Gasteiger partial charge in [0.15, 0.2) is 0 Å². The topological polar surface area (TPSA) is 47.6 Å². The summed E-state index contributed by atoms with van der Waals surface area (Å²) in [5.74, 6) is 1.34. The molecule has 0 saturated carbocycles. The zero-order chi connectivity index (χ0) is 19.9. The third-order valence-corrected chi connectivity index (χ3v) is 5.07. The molecule has 4 nitrogen and oxygen atoms in total. The van der Waals surface area contributed by atoms with Crippen molar-refractivity contribution in [2.24, 2.45) is 0 Å². The Labute approximate surface area is 166 Å². The number of ether oxygens (including phenoxy) is 2. The van der Waals surface area contributed by atoms with Crippen molar-refractivity contribution in [3.8, 4) is 11.5 Å². The maximum absolute atomic E-state index is 12.0. The van der Waals surface area contributed by atoms with E-state index < -0.39 is 0 Å². The number of rotatable bonds is 9. The van der Waals surface area contributed by atoms with Gasteiger partial charge in [0.25, 0.3) is 0 Å². The van der Waals surface area contributed by atoms with Crippen molar-refractivity contribution in [2.45, 2.75) is 45.4 Å². The molecule has 0 radical (unpaired) electrons. The van der Waals surface area contributed by atoms with E-state index in [2.05, 4.69) is 38.2 Å². The lowest BCUT2D eigenvalue weighted by Crippen LogP contribution is -2.15. The third kappa shape index (κ3) is 6.17. The third-order valence-electron chi connectivity index (χ3n) is 4.77. The fourth-order valence-electron chi connectivity index (χ4n) is 2.60. The van der Waals surface area contributed by atoms with Gasteiger partial charge in [-0.2, -0.15) is 0 Å². The maximum Gasteiger partial charge on any atom is 0.224 e. The quantitative estimate of drug-likeness (QED) is 0.548. The molecule has 0 aliphatic carbocycles. The summed E-state index contributed by atoms with van der Waals surface area (Å²) in [6, 6.07) is 13.4. The Balaban J connectivity index is 1.75. The van der Waals surface area contributed by atoms with Gasteiger partial charge in [0.2, 0.25) is 5.91 Å². The molecule has 146 valence electrons. The highest BCUT2D eigenvalue weighted by molar-refractivity contribution is 6.32. The van der Waals surface area contributed by atoms with Gasteiger partial charge in [-0.05, 0) is 54.2 Å². The lowest BCUT2D eigenvalue weighted by molar-refractivity contribution is -0.116. The molecule has 0 spiro atoms. The van der Waals surface area contributed by atoms with Crippen LogP contribution in [0.1, 0.15) is 45.6 Å². The molecule has 0 aliphatic heterocycles. The van der Waals surface area contributed by atoms with E-state index in [0.29, 0.717) is 35.9 Å². The molecule has 5 heteroatoms. The van der Waals surface area contributed by atoms with Crippen LogP contribution in [0.5, 0.6) is 11.5 Å². The summed E-state index contributed by atoms with van der Waals surface area (Å²) in [5.41, 5.74) is 2.12. The summed E-state index contributed by atoms with van der Waals surface area (Å²) in [7, 11) is 1.55. The van der Waals surface area contributed by atoms with Crippen LogP contribution in [0.15, 0.2) is 42.5 Å².